The Morgan fingerprint density at radius 3 is 2.19 bits per heavy atom. The number of rotatable bonds is 7. The molecule has 0 aliphatic carbocycles. The first kappa shape index (κ1) is 18.7. The van der Waals surface area contributed by atoms with Crippen LogP contribution in [0.4, 0.5) is 0 Å². The Hall–Kier alpha value is -3.07. The zero-order valence-corrected chi connectivity index (χ0v) is 15.7. The second-order valence-electron chi connectivity index (χ2n) is 6.39. The van der Waals surface area contributed by atoms with Gasteiger partial charge in [0.25, 0.3) is 0 Å². The fourth-order valence-corrected chi connectivity index (χ4v) is 2.98. The molecule has 0 saturated carbocycles. The van der Waals surface area contributed by atoms with Gasteiger partial charge in [-0.15, -0.1) is 0 Å². The highest BCUT2D eigenvalue weighted by atomic mass is 16.6. The Morgan fingerprint density at radius 1 is 0.889 bits per heavy atom. The molecular formula is C24H24O3. The number of ether oxygens (including phenoxy) is 2. The molecule has 138 valence electrons. The first-order valence-corrected chi connectivity index (χ1v) is 9.20. The molecule has 0 aliphatic heterocycles. The van der Waals surface area contributed by atoms with Crippen LogP contribution in [-0.4, -0.2) is 18.7 Å². The molecule has 3 aromatic carbocycles. The summed E-state index contributed by atoms with van der Waals surface area (Å²) >= 11 is 0. The van der Waals surface area contributed by atoms with Gasteiger partial charge in [-0.05, 0) is 48.2 Å². The molecular weight excluding hydrogens is 336 g/mol. The number of hydrogen-bond donors (Lipinski definition) is 0. The Bertz CT molecular complexity index is 873. The number of hydrogen-bond acceptors (Lipinski definition) is 3. The minimum absolute atomic E-state index is 0.333. The third kappa shape index (κ3) is 4.98. The van der Waals surface area contributed by atoms with Crippen LogP contribution >= 0.6 is 0 Å². The standard InChI is InChI=1S/C24H24O3/c1-3-26-24(25)23(17-19-10-6-4-7-11-19)27-22-15-14-21(16-18(22)2)20-12-8-5-9-13-20/h4-16,23H,3,17H2,1-2H3/t23-/m0/s1. The van der Waals surface area contributed by atoms with E-state index in [0.29, 0.717) is 18.8 Å². The lowest BCUT2D eigenvalue weighted by Gasteiger charge is -2.19. The van der Waals surface area contributed by atoms with Gasteiger partial charge in [-0.3, -0.25) is 0 Å². The molecule has 0 aliphatic rings. The van der Waals surface area contributed by atoms with Gasteiger partial charge >= 0.3 is 5.97 Å². The van der Waals surface area contributed by atoms with Crippen LogP contribution in [0.25, 0.3) is 11.1 Å². The number of aryl methyl sites for hydroxylation is 1. The molecule has 0 bridgehead atoms. The molecule has 0 radical (unpaired) electrons. The van der Waals surface area contributed by atoms with E-state index in [1.807, 2.05) is 67.6 Å². The Balaban J connectivity index is 1.81. The summed E-state index contributed by atoms with van der Waals surface area (Å²) in [5.74, 6) is 0.358. The maximum Gasteiger partial charge on any atom is 0.347 e. The Kier molecular flexibility index (Phi) is 6.26. The lowest BCUT2D eigenvalue weighted by molar-refractivity contribution is -0.151. The van der Waals surface area contributed by atoms with Crippen molar-refractivity contribution in [3.8, 4) is 16.9 Å². The van der Waals surface area contributed by atoms with Gasteiger partial charge in [0.05, 0.1) is 6.61 Å². The highest BCUT2D eigenvalue weighted by Crippen LogP contribution is 2.27. The topological polar surface area (TPSA) is 35.5 Å². The minimum Gasteiger partial charge on any atom is -0.478 e. The van der Waals surface area contributed by atoms with Gasteiger partial charge in [0.1, 0.15) is 5.75 Å². The van der Waals surface area contributed by atoms with Crippen molar-refractivity contribution in [3.05, 3.63) is 90.0 Å². The van der Waals surface area contributed by atoms with Gasteiger partial charge in [-0.2, -0.15) is 0 Å². The van der Waals surface area contributed by atoms with E-state index < -0.39 is 6.10 Å². The second kappa shape index (κ2) is 9.04. The lowest BCUT2D eigenvalue weighted by atomic mass is 10.0. The molecule has 0 amide bonds. The van der Waals surface area contributed by atoms with Crippen LogP contribution in [0, 0.1) is 6.92 Å². The Labute approximate surface area is 160 Å². The first-order valence-electron chi connectivity index (χ1n) is 9.20. The van der Waals surface area contributed by atoms with Crippen molar-refractivity contribution in [2.75, 3.05) is 6.61 Å². The van der Waals surface area contributed by atoms with Gasteiger partial charge in [0.2, 0.25) is 0 Å². The number of carbonyl (C=O) groups is 1. The smallest absolute Gasteiger partial charge is 0.347 e. The maximum absolute atomic E-state index is 12.4. The summed E-state index contributed by atoms with van der Waals surface area (Å²) in [7, 11) is 0. The fourth-order valence-electron chi connectivity index (χ4n) is 2.98. The van der Waals surface area contributed by atoms with E-state index in [1.165, 1.54) is 0 Å². The molecule has 27 heavy (non-hydrogen) atoms. The quantitative estimate of drug-likeness (QED) is 0.542. The van der Waals surface area contributed by atoms with Crippen LogP contribution in [-0.2, 0) is 16.0 Å². The molecule has 1 atom stereocenters. The van der Waals surface area contributed by atoms with E-state index >= 15 is 0 Å². The van der Waals surface area contributed by atoms with Crippen LogP contribution < -0.4 is 4.74 Å². The predicted octanol–water partition coefficient (Wildman–Crippen LogP) is 5.22. The van der Waals surface area contributed by atoms with Crippen LogP contribution in [0.5, 0.6) is 5.75 Å². The predicted molar refractivity (Wildman–Crippen MR) is 108 cm³/mol. The minimum atomic E-state index is -0.673. The summed E-state index contributed by atoms with van der Waals surface area (Å²) in [6.45, 7) is 4.13. The van der Waals surface area contributed by atoms with Gasteiger partial charge in [-0.25, -0.2) is 4.79 Å². The van der Waals surface area contributed by atoms with E-state index in [1.54, 1.807) is 6.92 Å². The van der Waals surface area contributed by atoms with Crippen molar-refractivity contribution < 1.29 is 14.3 Å². The molecule has 3 rings (SSSR count). The summed E-state index contributed by atoms with van der Waals surface area (Å²) in [5, 5.41) is 0. The summed E-state index contributed by atoms with van der Waals surface area (Å²) in [6.07, 6.45) is -0.201. The van der Waals surface area contributed by atoms with E-state index in [0.717, 1.165) is 22.3 Å². The number of carbonyl (C=O) groups excluding carboxylic acids is 1. The summed E-state index contributed by atoms with van der Waals surface area (Å²) in [4.78, 5) is 12.4. The molecule has 3 nitrogen and oxygen atoms in total. The zero-order valence-electron chi connectivity index (χ0n) is 15.7. The van der Waals surface area contributed by atoms with Crippen molar-refractivity contribution in [1.82, 2.24) is 0 Å². The van der Waals surface area contributed by atoms with Crippen molar-refractivity contribution in [3.63, 3.8) is 0 Å². The molecule has 3 heteroatoms. The average molecular weight is 360 g/mol. The summed E-state index contributed by atoms with van der Waals surface area (Å²) in [6, 6.07) is 26.1. The van der Waals surface area contributed by atoms with E-state index in [-0.39, 0.29) is 5.97 Å². The van der Waals surface area contributed by atoms with Crippen LogP contribution in [0.1, 0.15) is 18.1 Å². The SMILES string of the molecule is CCOC(=O)[C@H](Cc1ccccc1)Oc1ccc(-c2ccccc2)cc1C. The third-order valence-corrected chi connectivity index (χ3v) is 4.36. The third-order valence-electron chi connectivity index (χ3n) is 4.36. The van der Waals surface area contributed by atoms with Crippen LogP contribution in [0.15, 0.2) is 78.9 Å². The number of benzene rings is 3. The summed E-state index contributed by atoms with van der Waals surface area (Å²) < 4.78 is 11.3. The van der Waals surface area contributed by atoms with E-state index in [9.17, 15) is 4.79 Å². The molecule has 0 N–H and O–H groups in total. The zero-order chi connectivity index (χ0) is 19.1. The first-order chi connectivity index (χ1) is 13.2. The van der Waals surface area contributed by atoms with Gasteiger partial charge in [-0.1, -0.05) is 66.7 Å². The largest absolute Gasteiger partial charge is 0.478 e. The van der Waals surface area contributed by atoms with Gasteiger partial charge in [0, 0.05) is 6.42 Å². The molecule has 0 aromatic heterocycles. The van der Waals surface area contributed by atoms with Gasteiger partial charge < -0.3 is 9.47 Å². The molecule has 3 aromatic rings. The lowest BCUT2D eigenvalue weighted by Crippen LogP contribution is -2.32. The second-order valence-corrected chi connectivity index (χ2v) is 6.39. The molecule has 0 saturated heterocycles. The van der Waals surface area contributed by atoms with E-state index in [2.05, 4.69) is 18.2 Å². The molecule has 0 heterocycles. The highest BCUT2D eigenvalue weighted by molar-refractivity contribution is 5.76. The van der Waals surface area contributed by atoms with Crippen LogP contribution in [0.2, 0.25) is 0 Å². The van der Waals surface area contributed by atoms with Crippen molar-refractivity contribution in [2.45, 2.75) is 26.4 Å². The molecule has 0 unspecified atom stereocenters. The van der Waals surface area contributed by atoms with Crippen LogP contribution in [0.3, 0.4) is 0 Å². The Morgan fingerprint density at radius 2 is 1.56 bits per heavy atom. The van der Waals surface area contributed by atoms with Crippen molar-refractivity contribution >= 4 is 5.97 Å². The van der Waals surface area contributed by atoms with Crippen molar-refractivity contribution in [2.24, 2.45) is 0 Å². The number of esters is 1. The van der Waals surface area contributed by atoms with E-state index in [4.69, 9.17) is 9.47 Å². The van der Waals surface area contributed by atoms with Gasteiger partial charge in [0.15, 0.2) is 6.10 Å². The average Bonchev–Trinajstić information content (AvgIpc) is 2.70. The fraction of sp³-hybridized carbons (Fsp3) is 0.208. The van der Waals surface area contributed by atoms with Crippen molar-refractivity contribution in [1.29, 1.82) is 0 Å². The highest BCUT2D eigenvalue weighted by Gasteiger charge is 2.23. The summed E-state index contributed by atoms with van der Waals surface area (Å²) in [5.41, 5.74) is 4.29. The molecule has 0 fully saturated rings. The normalized spacial score (nSPS) is 11.6. The monoisotopic (exact) mass is 360 g/mol. The molecule has 0 spiro atoms. The maximum atomic E-state index is 12.4.